The quantitative estimate of drug-likeness (QED) is 0.500. The van der Waals surface area contributed by atoms with Crippen molar-refractivity contribution in [1.82, 2.24) is 0 Å². The number of anilines is 2. The molecule has 1 aliphatic carbocycles. The maximum Gasteiger partial charge on any atom is 0.271 e. The highest BCUT2D eigenvalue weighted by atomic mass is 35.5. The van der Waals surface area contributed by atoms with Crippen molar-refractivity contribution in [3.63, 3.8) is 0 Å². The molecule has 1 atom stereocenters. The first-order valence-electron chi connectivity index (χ1n) is 9.20. The molecular formula is C20H22ClN3O4. The van der Waals surface area contributed by atoms with Gasteiger partial charge < -0.3 is 15.4 Å². The van der Waals surface area contributed by atoms with Gasteiger partial charge in [0.2, 0.25) is 5.91 Å². The lowest BCUT2D eigenvalue weighted by atomic mass is 10.2. The predicted octanol–water partition coefficient (Wildman–Crippen LogP) is 5.01. The normalized spacial score (nSPS) is 15.1. The molecule has 0 heterocycles. The zero-order valence-electron chi connectivity index (χ0n) is 15.5. The number of benzene rings is 2. The Kier molecular flexibility index (Phi) is 6.36. The molecule has 148 valence electrons. The fraction of sp³-hybridized carbons (Fsp3) is 0.350. The molecule has 1 amide bonds. The molecule has 28 heavy (non-hydrogen) atoms. The number of nitro groups is 1. The Morgan fingerprint density at radius 1 is 1.25 bits per heavy atom. The van der Waals surface area contributed by atoms with Gasteiger partial charge in [-0.25, -0.2) is 0 Å². The highest BCUT2D eigenvalue weighted by molar-refractivity contribution is 6.34. The number of hydrogen-bond donors (Lipinski definition) is 2. The van der Waals surface area contributed by atoms with Gasteiger partial charge in [-0.15, -0.1) is 0 Å². The predicted molar refractivity (Wildman–Crippen MR) is 109 cm³/mol. The molecule has 0 bridgehead atoms. The van der Waals surface area contributed by atoms with E-state index in [1.807, 2.05) is 24.3 Å². The minimum absolute atomic E-state index is 0.113. The topological polar surface area (TPSA) is 93.5 Å². The van der Waals surface area contributed by atoms with Crippen molar-refractivity contribution in [2.45, 2.75) is 44.8 Å². The van der Waals surface area contributed by atoms with Crippen LogP contribution in [-0.4, -0.2) is 23.0 Å². The number of carbonyl (C=O) groups is 1. The zero-order valence-corrected chi connectivity index (χ0v) is 16.2. The molecule has 2 N–H and O–H groups in total. The second-order valence-corrected chi connectivity index (χ2v) is 7.24. The van der Waals surface area contributed by atoms with E-state index in [-0.39, 0.29) is 22.7 Å². The van der Waals surface area contributed by atoms with Gasteiger partial charge in [0.05, 0.1) is 21.7 Å². The van der Waals surface area contributed by atoms with E-state index in [2.05, 4.69) is 10.6 Å². The highest BCUT2D eigenvalue weighted by Crippen LogP contribution is 2.28. The number of nitro benzene ring substituents is 1. The van der Waals surface area contributed by atoms with E-state index in [1.165, 1.54) is 31.0 Å². The summed E-state index contributed by atoms with van der Waals surface area (Å²) < 4.78 is 5.99. The molecule has 2 aromatic carbocycles. The van der Waals surface area contributed by atoms with Crippen LogP contribution in [0.2, 0.25) is 5.02 Å². The van der Waals surface area contributed by atoms with Crippen molar-refractivity contribution in [2.24, 2.45) is 0 Å². The lowest BCUT2D eigenvalue weighted by Crippen LogP contribution is -2.32. The molecule has 1 saturated carbocycles. The van der Waals surface area contributed by atoms with Gasteiger partial charge in [0.25, 0.3) is 5.69 Å². The molecular weight excluding hydrogens is 382 g/mol. The lowest BCUT2D eigenvalue weighted by Gasteiger charge is -2.18. The van der Waals surface area contributed by atoms with Crippen LogP contribution in [0.3, 0.4) is 0 Å². The SMILES string of the molecule is C[C@@H](Nc1cccc(OC2CCCC2)c1)C(=O)Nc1ccc([N+](=O)[O-])cc1Cl. The van der Waals surface area contributed by atoms with Gasteiger partial charge in [-0.2, -0.15) is 0 Å². The van der Waals surface area contributed by atoms with Crippen LogP contribution in [0.15, 0.2) is 42.5 Å². The van der Waals surface area contributed by atoms with Crippen LogP contribution in [0.5, 0.6) is 5.75 Å². The number of ether oxygens (including phenoxy) is 1. The number of rotatable bonds is 7. The second-order valence-electron chi connectivity index (χ2n) is 6.83. The summed E-state index contributed by atoms with van der Waals surface area (Å²) in [7, 11) is 0. The average molecular weight is 404 g/mol. The van der Waals surface area contributed by atoms with Crippen LogP contribution in [0, 0.1) is 10.1 Å². The first kappa shape index (κ1) is 19.9. The van der Waals surface area contributed by atoms with Gasteiger partial charge >= 0.3 is 0 Å². The molecule has 0 aromatic heterocycles. The van der Waals surface area contributed by atoms with Crippen molar-refractivity contribution < 1.29 is 14.5 Å². The van der Waals surface area contributed by atoms with Crippen LogP contribution in [0.1, 0.15) is 32.6 Å². The van der Waals surface area contributed by atoms with Gasteiger partial charge in [-0.3, -0.25) is 14.9 Å². The van der Waals surface area contributed by atoms with Crippen molar-refractivity contribution in [3.8, 4) is 5.75 Å². The molecule has 0 aliphatic heterocycles. The number of carbonyl (C=O) groups excluding carboxylic acids is 1. The summed E-state index contributed by atoms with van der Waals surface area (Å²) in [6.07, 6.45) is 4.81. The number of non-ortho nitro benzene ring substituents is 1. The number of amides is 1. The van der Waals surface area contributed by atoms with Gasteiger partial charge in [-0.1, -0.05) is 17.7 Å². The van der Waals surface area contributed by atoms with Crippen LogP contribution >= 0.6 is 11.6 Å². The highest BCUT2D eigenvalue weighted by Gasteiger charge is 2.18. The van der Waals surface area contributed by atoms with Crippen molar-refractivity contribution >= 4 is 34.6 Å². The third-order valence-corrected chi connectivity index (χ3v) is 4.95. The summed E-state index contributed by atoms with van der Waals surface area (Å²) in [6.45, 7) is 1.72. The van der Waals surface area contributed by atoms with E-state index in [0.29, 0.717) is 5.69 Å². The fourth-order valence-corrected chi connectivity index (χ4v) is 3.36. The summed E-state index contributed by atoms with van der Waals surface area (Å²) in [5.41, 5.74) is 0.963. The third-order valence-electron chi connectivity index (χ3n) is 4.64. The minimum atomic E-state index is -0.548. The van der Waals surface area contributed by atoms with Crippen LogP contribution in [0.4, 0.5) is 17.1 Å². The molecule has 8 heteroatoms. The average Bonchev–Trinajstić information content (AvgIpc) is 3.16. The van der Waals surface area contributed by atoms with Crippen molar-refractivity contribution in [2.75, 3.05) is 10.6 Å². The Morgan fingerprint density at radius 2 is 2.00 bits per heavy atom. The Labute approximate surface area is 168 Å². The third kappa shape index (κ3) is 5.13. The van der Waals surface area contributed by atoms with Crippen LogP contribution in [-0.2, 0) is 4.79 Å². The smallest absolute Gasteiger partial charge is 0.271 e. The summed E-state index contributed by atoms with van der Waals surface area (Å²) in [4.78, 5) is 22.7. The summed E-state index contributed by atoms with van der Waals surface area (Å²) >= 11 is 6.03. The summed E-state index contributed by atoms with van der Waals surface area (Å²) in [6, 6.07) is 10.9. The summed E-state index contributed by atoms with van der Waals surface area (Å²) in [5.74, 6) is 0.473. The van der Waals surface area contributed by atoms with Crippen LogP contribution in [0.25, 0.3) is 0 Å². The molecule has 2 aromatic rings. The summed E-state index contributed by atoms with van der Waals surface area (Å²) in [5, 5.41) is 16.7. The molecule has 0 unspecified atom stereocenters. The first-order chi connectivity index (χ1) is 13.4. The Morgan fingerprint density at radius 3 is 2.68 bits per heavy atom. The largest absolute Gasteiger partial charge is 0.490 e. The molecule has 0 radical (unpaired) electrons. The first-order valence-corrected chi connectivity index (χ1v) is 9.58. The van der Waals surface area contributed by atoms with Gasteiger partial charge in [-0.05, 0) is 50.8 Å². The Bertz CT molecular complexity index is 868. The fourth-order valence-electron chi connectivity index (χ4n) is 3.13. The van der Waals surface area contributed by atoms with E-state index in [9.17, 15) is 14.9 Å². The van der Waals surface area contributed by atoms with E-state index in [1.54, 1.807) is 6.92 Å². The van der Waals surface area contributed by atoms with E-state index in [0.717, 1.165) is 24.3 Å². The molecule has 0 spiro atoms. The number of halogens is 1. The second kappa shape index (κ2) is 8.93. The lowest BCUT2D eigenvalue weighted by molar-refractivity contribution is -0.384. The monoisotopic (exact) mass is 403 g/mol. The maximum absolute atomic E-state index is 12.5. The molecule has 1 fully saturated rings. The van der Waals surface area contributed by atoms with Crippen molar-refractivity contribution in [3.05, 3.63) is 57.6 Å². The van der Waals surface area contributed by atoms with Gasteiger partial charge in [0, 0.05) is 23.9 Å². The Balaban J connectivity index is 1.60. The minimum Gasteiger partial charge on any atom is -0.490 e. The van der Waals surface area contributed by atoms with E-state index in [4.69, 9.17) is 16.3 Å². The Hall–Kier alpha value is -2.80. The maximum atomic E-state index is 12.5. The number of nitrogens with one attached hydrogen (secondary N) is 2. The van der Waals surface area contributed by atoms with Crippen molar-refractivity contribution in [1.29, 1.82) is 0 Å². The van der Waals surface area contributed by atoms with Gasteiger partial charge in [0.1, 0.15) is 11.8 Å². The molecule has 0 saturated heterocycles. The number of nitrogens with zero attached hydrogens (tertiary/aromatic N) is 1. The van der Waals surface area contributed by atoms with Gasteiger partial charge in [0.15, 0.2) is 0 Å². The molecule has 3 rings (SSSR count). The standard InChI is InChI=1S/C20H22ClN3O4/c1-13(20(25)23-19-10-9-15(24(26)27)12-18(19)21)22-14-5-4-8-17(11-14)28-16-6-2-3-7-16/h4-5,8-13,16,22H,2-3,6-7H2,1H3,(H,23,25)/t13-/m1/s1. The van der Waals surface area contributed by atoms with E-state index < -0.39 is 11.0 Å². The molecule has 7 nitrogen and oxygen atoms in total. The molecule has 1 aliphatic rings. The zero-order chi connectivity index (χ0) is 20.1. The van der Waals surface area contributed by atoms with Crippen LogP contribution < -0.4 is 15.4 Å². The number of hydrogen-bond acceptors (Lipinski definition) is 5. The van der Waals surface area contributed by atoms with E-state index >= 15 is 0 Å².